The minimum atomic E-state index is -0.958. The standard InChI is InChI=1S/C10H14BrNO/c1-7(12)10(2,13)8-3-5-9(11)6-4-8/h3-7,13H,12H2,1-2H3/t7?,10-/m1/s1. The van der Waals surface area contributed by atoms with Gasteiger partial charge in [-0.2, -0.15) is 0 Å². The summed E-state index contributed by atoms with van der Waals surface area (Å²) in [6.07, 6.45) is 0. The second-order valence-electron chi connectivity index (χ2n) is 3.44. The van der Waals surface area contributed by atoms with Gasteiger partial charge in [0.15, 0.2) is 0 Å². The van der Waals surface area contributed by atoms with E-state index in [4.69, 9.17) is 5.73 Å². The summed E-state index contributed by atoms with van der Waals surface area (Å²) in [5, 5.41) is 10.0. The van der Waals surface area contributed by atoms with E-state index in [1.54, 1.807) is 13.8 Å². The molecule has 0 aliphatic rings. The summed E-state index contributed by atoms with van der Waals surface area (Å²) in [5.74, 6) is 0. The summed E-state index contributed by atoms with van der Waals surface area (Å²) in [4.78, 5) is 0. The molecule has 2 nitrogen and oxygen atoms in total. The first-order valence-electron chi connectivity index (χ1n) is 4.18. The molecule has 0 saturated heterocycles. The van der Waals surface area contributed by atoms with Crippen molar-refractivity contribution >= 4 is 15.9 Å². The molecule has 0 amide bonds. The van der Waals surface area contributed by atoms with Crippen LogP contribution in [0.25, 0.3) is 0 Å². The van der Waals surface area contributed by atoms with Gasteiger partial charge >= 0.3 is 0 Å². The van der Waals surface area contributed by atoms with E-state index in [0.29, 0.717) is 0 Å². The summed E-state index contributed by atoms with van der Waals surface area (Å²) < 4.78 is 0.997. The second kappa shape index (κ2) is 3.78. The Hall–Kier alpha value is -0.380. The monoisotopic (exact) mass is 243 g/mol. The van der Waals surface area contributed by atoms with Crippen molar-refractivity contribution < 1.29 is 5.11 Å². The van der Waals surface area contributed by atoms with Crippen LogP contribution in [0.2, 0.25) is 0 Å². The van der Waals surface area contributed by atoms with Gasteiger partial charge in [0.2, 0.25) is 0 Å². The van der Waals surface area contributed by atoms with E-state index < -0.39 is 5.60 Å². The van der Waals surface area contributed by atoms with Gasteiger partial charge in [-0.25, -0.2) is 0 Å². The number of nitrogens with two attached hydrogens (primary N) is 1. The van der Waals surface area contributed by atoms with Crippen LogP contribution in [0, 0.1) is 0 Å². The van der Waals surface area contributed by atoms with E-state index in [-0.39, 0.29) is 6.04 Å². The van der Waals surface area contributed by atoms with Crippen molar-refractivity contribution in [2.24, 2.45) is 5.73 Å². The van der Waals surface area contributed by atoms with E-state index in [9.17, 15) is 5.11 Å². The van der Waals surface area contributed by atoms with E-state index in [1.807, 2.05) is 24.3 Å². The molecule has 0 radical (unpaired) electrons. The molecular weight excluding hydrogens is 230 g/mol. The highest BCUT2D eigenvalue weighted by Crippen LogP contribution is 2.24. The quantitative estimate of drug-likeness (QED) is 0.835. The van der Waals surface area contributed by atoms with Gasteiger partial charge in [-0.15, -0.1) is 0 Å². The zero-order chi connectivity index (χ0) is 10.1. The molecule has 13 heavy (non-hydrogen) atoms. The highest BCUT2D eigenvalue weighted by Gasteiger charge is 2.27. The Morgan fingerprint density at radius 3 is 2.23 bits per heavy atom. The largest absolute Gasteiger partial charge is 0.384 e. The van der Waals surface area contributed by atoms with Gasteiger partial charge in [-0.3, -0.25) is 0 Å². The smallest absolute Gasteiger partial charge is 0.102 e. The van der Waals surface area contributed by atoms with Crippen molar-refractivity contribution in [3.05, 3.63) is 34.3 Å². The summed E-state index contributed by atoms with van der Waals surface area (Å²) in [6, 6.07) is 7.24. The maximum Gasteiger partial charge on any atom is 0.102 e. The first-order chi connectivity index (χ1) is 5.94. The Morgan fingerprint density at radius 2 is 1.85 bits per heavy atom. The Morgan fingerprint density at radius 1 is 1.38 bits per heavy atom. The van der Waals surface area contributed by atoms with Crippen molar-refractivity contribution in [2.45, 2.75) is 25.5 Å². The van der Waals surface area contributed by atoms with E-state index in [1.165, 1.54) is 0 Å². The van der Waals surface area contributed by atoms with Crippen LogP contribution < -0.4 is 5.73 Å². The van der Waals surface area contributed by atoms with Crippen LogP contribution in [-0.2, 0) is 5.60 Å². The Labute approximate surface area is 86.9 Å². The van der Waals surface area contributed by atoms with E-state index in [2.05, 4.69) is 15.9 Å². The molecule has 1 unspecified atom stereocenters. The Bertz CT molecular complexity index is 279. The lowest BCUT2D eigenvalue weighted by Gasteiger charge is -2.27. The number of hydrogen-bond acceptors (Lipinski definition) is 2. The zero-order valence-corrected chi connectivity index (χ0v) is 9.38. The van der Waals surface area contributed by atoms with E-state index >= 15 is 0 Å². The highest BCUT2D eigenvalue weighted by molar-refractivity contribution is 9.10. The van der Waals surface area contributed by atoms with Crippen molar-refractivity contribution in [1.29, 1.82) is 0 Å². The number of aliphatic hydroxyl groups is 1. The predicted molar refractivity (Wildman–Crippen MR) is 57.4 cm³/mol. The van der Waals surface area contributed by atoms with Gasteiger partial charge in [0.05, 0.1) is 0 Å². The Kier molecular flexibility index (Phi) is 3.11. The predicted octanol–water partition coefficient (Wildman–Crippen LogP) is 2.00. The first-order valence-corrected chi connectivity index (χ1v) is 4.98. The molecule has 1 aromatic rings. The molecule has 3 N–H and O–H groups in total. The molecule has 3 heteroatoms. The molecule has 72 valence electrons. The fraction of sp³-hybridized carbons (Fsp3) is 0.400. The van der Waals surface area contributed by atoms with Crippen LogP contribution in [-0.4, -0.2) is 11.1 Å². The third-order valence-electron chi connectivity index (χ3n) is 2.32. The van der Waals surface area contributed by atoms with Gasteiger partial charge < -0.3 is 10.8 Å². The van der Waals surface area contributed by atoms with Crippen molar-refractivity contribution in [3.63, 3.8) is 0 Å². The van der Waals surface area contributed by atoms with Gasteiger partial charge in [0.25, 0.3) is 0 Å². The minimum Gasteiger partial charge on any atom is -0.384 e. The van der Waals surface area contributed by atoms with Gasteiger partial charge in [-0.1, -0.05) is 28.1 Å². The normalized spacial score (nSPS) is 17.9. The number of rotatable bonds is 2. The molecule has 0 aliphatic carbocycles. The summed E-state index contributed by atoms with van der Waals surface area (Å²) in [7, 11) is 0. The van der Waals surface area contributed by atoms with Gasteiger partial charge in [-0.05, 0) is 31.5 Å². The summed E-state index contributed by atoms with van der Waals surface area (Å²) in [6.45, 7) is 3.52. The van der Waals surface area contributed by atoms with Crippen LogP contribution in [0.3, 0.4) is 0 Å². The van der Waals surface area contributed by atoms with Crippen LogP contribution in [0.15, 0.2) is 28.7 Å². The molecule has 0 spiro atoms. The number of hydrogen-bond donors (Lipinski definition) is 2. The molecule has 0 aliphatic heterocycles. The first kappa shape index (κ1) is 10.7. The van der Waals surface area contributed by atoms with Crippen LogP contribution in [0.5, 0.6) is 0 Å². The summed E-state index contributed by atoms with van der Waals surface area (Å²) >= 11 is 3.34. The average Bonchev–Trinajstić information content (AvgIpc) is 2.04. The van der Waals surface area contributed by atoms with Crippen molar-refractivity contribution in [3.8, 4) is 0 Å². The summed E-state index contributed by atoms with van der Waals surface area (Å²) in [5.41, 5.74) is 5.56. The lowest BCUT2D eigenvalue weighted by Crippen LogP contribution is -2.40. The molecular formula is C10H14BrNO. The molecule has 0 bridgehead atoms. The number of halogens is 1. The third kappa shape index (κ3) is 2.30. The lowest BCUT2D eigenvalue weighted by atomic mass is 9.90. The maximum absolute atomic E-state index is 10.0. The second-order valence-corrected chi connectivity index (χ2v) is 4.36. The maximum atomic E-state index is 10.0. The van der Waals surface area contributed by atoms with Crippen molar-refractivity contribution in [1.82, 2.24) is 0 Å². The van der Waals surface area contributed by atoms with E-state index in [0.717, 1.165) is 10.0 Å². The third-order valence-corrected chi connectivity index (χ3v) is 2.84. The zero-order valence-electron chi connectivity index (χ0n) is 7.79. The molecule has 1 aromatic carbocycles. The minimum absolute atomic E-state index is 0.284. The molecule has 1 rings (SSSR count). The van der Waals surface area contributed by atoms with Gasteiger partial charge in [0.1, 0.15) is 5.60 Å². The fourth-order valence-corrected chi connectivity index (χ4v) is 1.31. The van der Waals surface area contributed by atoms with Gasteiger partial charge in [0, 0.05) is 10.5 Å². The topological polar surface area (TPSA) is 46.2 Å². The highest BCUT2D eigenvalue weighted by atomic mass is 79.9. The average molecular weight is 244 g/mol. The molecule has 0 fully saturated rings. The SMILES string of the molecule is CC(N)[C@@](C)(O)c1ccc(Br)cc1. The van der Waals surface area contributed by atoms with Crippen LogP contribution >= 0.6 is 15.9 Å². The van der Waals surface area contributed by atoms with Crippen molar-refractivity contribution in [2.75, 3.05) is 0 Å². The lowest BCUT2D eigenvalue weighted by molar-refractivity contribution is 0.0349. The molecule has 0 saturated carbocycles. The molecule has 0 aromatic heterocycles. The van der Waals surface area contributed by atoms with Crippen LogP contribution in [0.1, 0.15) is 19.4 Å². The Balaban J connectivity index is 3.01. The molecule has 2 atom stereocenters. The number of benzene rings is 1. The molecule has 0 heterocycles. The fourth-order valence-electron chi connectivity index (χ4n) is 1.05. The van der Waals surface area contributed by atoms with Crippen LogP contribution in [0.4, 0.5) is 0 Å².